The van der Waals surface area contributed by atoms with Crippen LogP contribution in [-0.2, 0) is 0 Å². The van der Waals surface area contributed by atoms with Crippen LogP contribution < -0.4 is 10.6 Å². The fourth-order valence-corrected chi connectivity index (χ4v) is 1.99. The Hall–Kier alpha value is -1.78. The van der Waals surface area contributed by atoms with Crippen LogP contribution in [0.5, 0.6) is 0 Å². The lowest BCUT2D eigenvalue weighted by Crippen LogP contribution is -2.25. The van der Waals surface area contributed by atoms with E-state index in [0.717, 1.165) is 36.5 Å². The van der Waals surface area contributed by atoms with E-state index < -0.39 is 0 Å². The van der Waals surface area contributed by atoms with Crippen molar-refractivity contribution < 1.29 is 5.21 Å². The standard InChI is InChI=1S/C13H22N4O/c1-5-6-7-17(4)11-8-9(2)15-10(3)12(11)13(14)16-18/h8,18H,5-7H2,1-4H3,(H2,14,16). The Bertz CT molecular complexity index is 443. The van der Waals surface area contributed by atoms with E-state index in [-0.39, 0.29) is 5.84 Å². The Morgan fingerprint density at radius 2 is 2.17 bits per heavy atom. The van der Waals surface area contributed by atoms with Gasteiger partial charge in [-0.2, -0.15) is 0 Å². The van der Waals surface area contributed by atoms with Crippen LogP contribution in [0.3, 0.4) is 0 Å². The predicted octanol–water partition coefficient (Wildman–Crippen LogP) is 2.03. The molecule has 0 aliphatic rings. The second-order valence-electron chi connectivity index (χ2n) is 4.50. The highest BCUT2D eigenvalue weighted by Gasteiger charge is 2.15. The highest BCUT2D eigenvalue weighted by molar-refractivity contribution is 6.03. The average Bonchev–Trinajstić information content (AvgIpc) is 2.34. The second-order valence-corrected chi connectivity index (χ2v) is 4.50. The van der Waals surface area contributed by atoms with E-state index in [1.807, 2.05) is 27.0 Å². The van der Waals surface area contributed by atoms with Gasteiger partial charge in [0.1, 0.15) is 0 Å². The summed E-state index contributed by atoms with van der Waals surface area (Å²) in [6.45, 7) is 6.91. The number of oxime groups is 1. The number of aromatic nitrogens is 1. The van der Waals surface area contributed by atoms with Gasteiger partial charge in [0.25, 0.3) is 0 Å². The first-order valence-corrected chi connectivity index (χ1v) is 6.18. The third-order valence-electron chi connectivity index (χ3n) is 2.93. The van der Waals surface area contributed by atoms with E-state index in [1.165, 1.54) is 0 Å². The van der Waals surface area contributed by atoms with E-state index in [2.05, 4.69) is 22.0 Å². The number of rotatable bonds is 5. The summed E-state index contributed by atoms with van der Waals surface area (Å²) in [4.78, 5) is 6.49. The maximum Gasteiger partial charge on any atom is 0.174 e. The van der Waals surface area contributed by atoms with E-state index in [0.29, 0.717) is 5.56 Å². The SMILES string of the molecule is CCCCN(C)c1cc(C)nc(C)c1/C(N)=N/O. The molecule has 0 aliphatic carbocycles. The zero-order chi connectivity index (χ0) is 13.7. The Kier molecular flexibility index (Phi) is 4.95. The smallest absolute Gasteiger partial charge is 0.174 e. The largest absolute Gasteiger partial charge is 0.409 e. The van der Waals surface area contributed by atoms with E-state index in [4.69, 9.17) is 10.9 Å². The fraction of sp³-hybridized carbons (Fsp3) is 0.538. The van der Waals surface area contributed by atoms with Gasteiger partial charge in [-0.3, -0.25) is 4.98 Å². The minimum absolute atomic E-state index is 0.110. The normalized spacial score (nSPS) is 11.7. The molecule has 0 saturated heterocycles. The molecule has 0 aromatic carbocycles. The summed E-state index contributed by atoms with van der Waals surface area (Å²) in [5.74, 6) is 0.110. The molecule has 1 aromatic rings. The Balaban J connectivity index is 3.23. The summed E-state index contributed by atoms with van der Waals surface area (Å²) in [7, 11) is 2.01. The summed E-state index contributed by atoms with van der Waals surface area (Å²) in [6.07, 6.45) is 2.23. The van der Waals surface area contributed by atoms with Gasteiger partial charge in [-0.05, 0) is 26.3 Å². The van der Waals surface area contributed by atoms with Crippen molar-refractivity contribution in [3.05, 3.63) is 23.0 Å². The maximum absolute atomic E-state index is 8.88. The van der Waals surface area contributed by atoms with Crippen molar-refractivity contribution in [1.82, 2.24) is 4.98 Å². The van der Waals surface area contributed by atoms with Gasteiger partial charge in [0, 0.05) is 19.3 Å². The molecule has 1 aromatic heterocycles. The molecule has 0 spiro atoms. The molecule has 18 heavy (non-hydrogen) atoms. The van der Waals surface area contributed by atoms with Crippen molar-refractivity contribution in [3.8, 4) is 0 Å². The minimum atomic E-state index is 0.110. The van der Waals surface area contributed by atoms with E-state index in [9.17, 15) is 0 Å². The van der Waals surface area contributed by atoms with E-state index in [1.54, 1.807) is 0 Å². The number of aryl methyl sites for hydroxylation is 2. The van der Waals surface area contributed by atoms with Crippen molar-refractivity contribution >= 4 is 11.5 Å². The molecule has 0 atom stereocenters. The molecule has 0 saturated carbocycles. The molecule has 0 bridgehead atoms. The van der Waals surface area contributed by atoms with Crippen LogP contribution in [0.25, 0.3) is 0 Å². The van der Waals surface area contributed by atoms with Crippen molar-refractivity contribution in [2.75, 3.05) is 18.5 Å². The number of nitrogens with two attached hydrogens (primary N) is 1. The fourth-order valence-electron chi connectivity index (χ4n) is 1.99. The van der Waals surface area contributed by atoms with Crippen LogP contribution >= 0.6 is 0 Å². The van der Waals surface area contributed by atoms with Gasteiger partial charge in [-0.25, -0.2) is 0 Å². The topological polar surface area (TPSA) is 74.7 Å². The minimum Gasteiger partial charge on any atom is -0.409 e. The molecule has 0 fully saturated rings. The summed E-state index contributed by atoms with van der Waals surface area (Å²) < 4.78 is 0. The molecule has 5 heteroatoms. The first kappa shape index (κ1) is 14.3. The molecular formula is C13H22N4O. The number of anilines is 1. The van der Waals surface area contributed by atoms with Crippen LogP contribution in [0, 0.1) is 13.8 Å². The third-order valence-corrected chi connectivity index (χ3v) is 2.93. The maximum atomic E-state index is 8.88. The number of nitrogens with zero attached hydrogens (tertiary/aromatic N) is 3. The van der Waals surface area contributed by atoms with Gasteiger partial charge in [0.05, 0.1) is 16.9 Å². The van der Waals surface area contributed by atoms with Crippen LogP contribution in [0.2, 0.25) is 0 Å². The van der Waals surface area contributed by atoms with Crippen molar-refractivity contribution in [2.24, 2.45) is 10.9 Å². The lowest BCUT2D eigenvalue weighted by atomic mass is 10.1. The van der Waals surface area contributed by atoms with Crippen LogP contribution in [0.15, 0.2) is 11.2 Å². The van der Waals surface area contributed by atoms with Crippen LogP contribution in [0.4, 0.5) is 5.69 Å². The molecule has 0 amide bonds. The molecule has 0 radical (unpaired) electrons. The van der Waals surface area contributed by atoms with Crippen molar-refractivity contribution in [3.63, 3.8) is 0 Å². The van der Waals surface area contributed by atoms with Gasteiger partial charge in [-0.15, -0.1) is 0 Å². The van der Waals surface area contributed by atoms with Crippen molar-refractivity contribution in [2.45, 2.75) is 33.6 Å². The Labute approximate surface area is 108 Å². The lowest BCUT2D eigenvalue weighted by molar-refractivity contribution is 0.318. The number of amidine groups is 1. The molecule has 0 aliphatic heterocycles. The van der Waals surface area contributed by atoms with Gasteiger partial charge in [0.2, 0.25) is 0 Å². The summed E-state index contributed by atoms with van der Waals surface area (Å²) in [5, 5.41) is 12.0. The van der Waals surface area contributed by atoms with Crippen LogP contribution in [-0.4, -0.2) is 29.6 Å². The first-order chi connectivity index (χ1) is 8.51. The summed E-state index contributed by atoms with van der Waals surface area (Å²) in [6, 6.07) is 1.97. The monoisotopic (exact) mass is 250 g/mol. The molecule has 100 valence electrons. The Morgan fingerprint density at radius 1 is 1.50 bits per heavy atom. The highest BCUT2D eigenvalue weighted by atomic mass is 16.4. The van der Waals surface area contributed by atoms with Crippen LogP contribution in [0.1, 0.15) is 36.7 Å². The molecule has 1 heterocycles. The van der Waals surface area contributed by atoms with Gasteiger partial charge >= 0.3 is 0 Å². The molecule has 1 rings (SSSR count). The quantitative estimate of drug-likeness (QED) is 0.363. The second kappa shape index (κ2) is 6.23. The third kappa shape index (κ3) is 3.12. The molecule has 0 unspecified atom stereocenters. The average molecular weight is 250 g/mol. The first-order valence-electron chi connectivity index (χ1n) is 6.18. The summed E-state index contributed by atoms with van der Waals surface area (Å²) in [5.41, 5.74) is 9.13. The Morgan fingerprint density at radius 3 is 2.72 bits per heavy atom. The number of unbranched alkanes of at least 4 members (excludes halogenated alkanes) is 1. The van der Waals surface area contributed by atoms with Crippen molar-refractivity contribution in [1.29, 1.82) is 0 Å². The van der Waals surface area contributed by atoms with E-state index >= 15 is 0 Å². The molecule has 3 N–H and O–H groups in total. The molecular weight excluding hydrogens is 228 g/mol. The molecule has 5 nitrogen and oxygen atoms in total. The predicted molar refractivity (Wildman–Crippen MR) is 74.4 cm³/mol. The number of hydrogen-bond donors (Lipinski definition) is 2. The highest BCUT2D eigenvalue weighted by Crippen LogP contribution is 2.23. The van der Waals surface area contributed by atoms with Gasteiger partial charge in [0.15, 0.2) is 5.84 Å². The summed E-state index contributed by atoms with van der Waals surface area (Å²) >= 11 is 0. The number of pyridine rings is 1. The lowest BCUT2D eigenvalue weighted by Gasteiger charge is -2.23. The zero-order valence-electron chi connectivity index (χ0n) is 11.6. The van der Waals surface area contributed by atoms with Gasteiger partial charge < -0.3 is 15.8 Å². The number of hydrogen-bond acceptors (Lipinski definition) is 4. The van der Waals surface area contributed by atoms with Gasteiger partial charge in [-0.1, -0.05) is 18.5 Å². The zero-order valence-corrected chi connectivity index (χ0v) is 11.6.